The number of hydrogen-bond donors (Lipinski definition) is 2. The summed E-state index contributed by atoms with van der Waals surface area (Å²) in [6, 6.07) is 0. The highest BCUT2D eigenvalue weighted by molar-refractivity contribution is 5.88. The topological polar surface area (TPSA) is 81.8 Å². The molecule has 0 saturated carbocycles. The van der Waals surface area contributed by atoms with E-state index in [0.29, 0.717) is 38.4 Å². The van der Waals surface area contributed by atoms with E-state index in [4.69, 9.17) is 0 Å². The zero-order chi connectivity index (χ0) is 19.9. The van der Waals surface area contributed by atoms with Gasteiger partial charge < -0.3 is 20.4 Å². The lowest BCUT2D eigenvalue weighted by Crippen LogP contribution is -2.44. The van der Waals surface area contributed by atoms with Gasteiger partial charge in [-0.05, 0) is 24.3 Å². The maximum absolute atomic E-state index is 12.0. The van der Waals surface area contributed by atoms with Gasteiger partial charge in [-0.2, -0.15) is 0 Å². The van der Waals surface area contributed by atoms with Gasteiger partial charge in [0.25, 0.3) is 0 Å². The Hall–Kier alpha value is -3.09. The fourth-order valence-corrected chi connectivity index (χ4v) is 1.97. The lowest BCUT2D eigenvalue weighted by molar-refractivity contribution is -0.130. The van der Waals surface area contributed by atoms with Crippen LogP contribution in [0, 0.1) is 0 Å². The zero-order valence-electron chi connectivity index (χ0n) is 15.2. The molecule has 0 aliphatic heterocycles. The Morgan fingerprint density at radius 2 is 1.15 bits per heavy atom. The number of carbonyl (C=O) groups is 3. The van der Waals surface area contributed by atoms with Crippen LogP contribution in [0.25, 0.3) is 0 Å². The SMILES string of the molecule is C=CC(=C)NCCN(CCN(CCNC(=O)C=C)C(=O)C=C)C(=O)C=C. The van der Waals surface area contributed by atoms with Crippen molar-refractivity contribution in [2.75, 3.05) is 39.3 Å². The highest BCUT2D eigenvalue weighted by atomic mass is 16.2. The van der Waals surface area contributed by atoms with Gasteiger partial charge in [-0.15, -0.1) is 0 Å². The van der Waals surface area contributed by atoms with Crippen molar-refractivity contribution >= 4 is 17.7 Å². The van der Waals surface area contributed by atoms with Gasteiger partial charge in [0.05, 0.1) is 0 Å². The van der Waals surface area contributed by atoms with Gasteiger partial charge in [0.1, 0.15) is 0 Å². The third-order valence-electron chi connectivity index (χ3n) is 3.46. The smallest absolute Gasteiger partial charge is 0.246 e. The molecule has 0 fully saturated rings. The summed E-state index contributed by atoms with van der Waals surface area (Å²) in [7, 11) is 0. The maximum atomic E-state index is 12.0. The number of hydrogen-bond acceptors (Lipinski definition) is 4. The first-order valence-electron chi connectivity index (χ1n) is 8.17. The highest BCUT2D eigenvalue weighted by Crippen LogP contribution is 1.97. The van der Waals surface area contributed by atoms with Crippen LogP contribution in [0.5, 0.6) is 0 Å². The second-order valence-electron chi connectivity index (χ2n) is 5.21. The summed E-state index contributed by atoms with van der Waals surface area (Å²) in [4.78, 5) is 38.2. The van der Waals surface area contributed by atoms with Crippen molar-refractivity contribution in [1.82, 2.24) is 20.4 Å². The molecular formula is C19H28N4O3. The number of carbonyl (C=O) groups excluding carboxylic acids is 3. The number of nitrogens with one attached hydrogen (secondary N) is 2. The van der Waals surface area contributed by atoms with E-state index in [9.17, 15) is 14.4 Å². The van der Waals surface area contributed by atoms with Crippen molar-refractivity contribution in [3.8, 4) is 0 Å². The zero-order valence-corrected chi connectivity index (χ0v) is 15.2. The fourth-order valence-electron chi connectivity index (χ4n) is 1.97. The van der Waals surface area contributed by atoms with Crippen molar-refractivity contribution in [3.63, 3.8) is 0 Å². The molecule has 0 radical (unpaired) electrons. The minimum absolute atomic E-state index is 0.234. The van der Waals surface area contributed by atoms with E-state index in [2.05, 4.69) is 43.5 Å². The molecule has 0 aliphatic rings. The summed E-state index contributed by atoms with van der Waals surface area (Å²) in [6.45, 7) is 19.8. The predicted molar refractivity (Wildman–Crippen MR) is 104 cm³/mol. The van der Waals surface area contributed by atoms with Gasteiger partial charge in [0, 0.05) is 45.0 Å². The molecule has 7 heteroatoms. The Labute approximate surface area is 155 Å². The summed E-state index contributed by atoms with van der Waals surface area (Å²) in [5.74, 6) is -0.822. The van der Waals surface area contributed by atoms with Gasteiger partial charge in [-0.1, -0.05) is 32.9 Å². The van der Waals surface area contributed by atoms with E-state index in [-0.39, 0.29) is 24.3 Å². The van der Waals surface area contributed by atoms with E-state index in [1.54, 1.807) is 11.0 Å². The van der Waals surface area contributed by atoms with Crippen LogP contribution < -0.4 is 10.6 Å². The Morgan fingerprint density at radius 3 is 1.54 bits per heavy atom. The Morgan fingerprint density at radius 1 is 0.692 bits per heavy atom. The Kier molecular flexibility index (Phi) is 11.7. The van der Waals surface area contributed by atoms with E-state index < -0.39 is 0 Å². The summed E-state index contributed by atoms with van der Waals surface area (Å²) in [5.41, 5.74) is 0.664. The number of allylic oxidation sites excluding steroid dienone is 1. The molecule has 0 heterocycles. The molecule has 0 aromatic carbocycles. The second kappa shape index (κ2) is 13.2. The van der Waals surface area contributed by atoms with Gasteiger partial charge in [-0.25, -0.2) is 0 Å². The van der Waals surface area contributed by atoms with Crippen LogP contribution in [0.15, 0.2) is 62.9 Å². The van der Waals surface area contributed by atoms with E-state index in [1.165, 1.54) is 17.1 Å². The maximum Gasteiger partial charge on any atom is 0.246 e. The summed E-state index contributed by atoms with van der Waals surface area (Å²) in [6.07, 6.45) is 5.17. The molecule has 0 unspecified atom stereocenters. The first-order chi connectivity index (χ1) is 12.4. The van der Waals surface area contributed by atoms with E-state index in [1.807, 2.05) is 0 Å². The Balaban J connectivity index is 4.70. The number of amides is 3. The molecule has 0 aromatic rings. The molecule has 2 N–H and O–H groups in total. The third kappa shape index (κ3) is 9.27. The van der Waals surface area contributed by atoms with Crippen LogP contribution >= 0.6 is 0 Å². The van der Waals surface area contributed by atoms with Crippen LogP contribution in [-0.2, 0) is 14.4 Å². The standard InChI is InChI=1S/C19H28N4O3/c1-6-16(5)20-10-12-22(18(25)8-3)14-15-23(19(26)9-4)13-11-21-17(24)7-2/h6-9,20H,1-5,10-15H2,(H,21,24). The van der Waals surface area contributed by atoms with Crippen molar-refractivity contribution in [1.29, 1.82) is 0 Å². The minimum Gasteiger partial charge on any atom is -0.384 e. The summed E-state index contributed by atoms with van der Waals surface area (Å²) >= 11 is 0. The highest BCUT2D eigenvalue weighted by Gasteiger charge is 2.15. The summed E-state index contributed by atoms with van der Waals surface area (Å²) in [5, 5.41) is 5.63. The van der Waals surface area contributed by atoms with Crippen molar-refractivity contribution in [2.24, 2.45) is 0 Å². The molecule has 0 bridgehead atoms. The number of nitrogens with zero attached hydrogens (tertiary/aromatic N) is 2. The average molecular weight is 360 g/mol. The lowest BCUT2D eigenvalue weighted by Gasteiger charge is -2.27. The average Bonchev–Trinajstić information content (AvgIpc) is 2.66. The van der Waals surface area contributed by atoms with Crippen LogP contribution in [0.3, 0.4) is 0 Å². The van der Waals surface area contributed by atoms with Gasteiger partial charge in [-0.3, -0.25) is 14.4 Å². The largest absolute Gasteiger partial charge is 0.384 e. The molecule has 3 amide bonds. The molecule has 0 saturated heterocycles. The van der Waals surface area contributed by atoms with Crippen LogP contribution in [0.1, 0.15) is 0 Å². The fraction of sp³-hybridized carbons (Fsp3) is 0.316. The quantitative estimate of drug-likeness (QED) is 0.351. The van der Waals surface area contributed by atoms with Crippen LogP contribution in [0.4, 0.5) is 0 Å². The van der Waals surface area contributed by atoms with E-state index in [0.717, 1.165) is 6.08 Å². The van der Waals surface area contributed by atoms with Crippen molar-refractivity contribution < 1.29 is 14.4 Å². The van der Waals surface area contributed by atoms with Gasteiger partial charge in [0.2, 0.25) is 17.7 Å². The van der Waals surface area contributed by atoms with Crippen molar-refractivity contribution in [3.05, 3.63) is 62.9 Å². The molecular weight excluding hydrogens is 332 g/mol. The second-order valence-corrected chi connectivity index (χ2v) is 5.21. The molecule has 0 aliphatic carbocycles. The predicted octanol–water partition coefficient (Wildman–Crippen LogP) is 0.607. The molecule has 0 atom stereocenters. The lowest BCUT2D eigenvalue weighted by atomic mass is 10.3. The molecule has 26 heavy (non-hydrogen) atoms. The molecule has 7 nitrogen and oxygen atoms in total. The monoisotopic (exact) mass is 360 g/mol. The van der Waals surface area contributed by atoms with E-state index >= 15 is 0 Å². The first kappa shape index (κ1) is 22.9. The third-order valence-corrected chi connectivity index (χ3v) is 3.46. The molecule has 0 spiro atoms. The molecule has 0 aromatic heterocycles. The summed E-state index contributed by atoms with van der Waals surface area (Å²) < 4.78 is 0. The van der Waals surface area contributed by atoms with Crippen LogP contribution in [-0.4, -0.2) is 66.8 Å². The Bertz CT molecular complexity index is 519. The van der Waals surface area contributed by atoms with Crippen molar-refractivity contribution in [2.45, 2.75) is 0 Å². The molecule has 142 valence electrons. The van der Waals surface area contributed by atoms with Gasteiger partial charge in [0.15, 0.2) is 0 Å². The number of rotatable bonds is 14. The first-order valence-corrected chi connectivity index (χ1v) is 8.17. The van der Waals surface area contributed by atoms with Crippen LogP contribution in [0.2, 0.25) is 0 Å². The van der Waals surface area contributed by atoms with Gasteiger partial charge >= 0.3 is 0 Å². The molecule has 0 rings (SSSR count). The normalized spacial score (nSPS) is 9.38. The minimum atomic E-state index is -0.312.